The highest BCUT2D eigenvalue weighted by molar-refractivity contribution is 7.34. The first kappa shape index (κ1) is 91.7. The molecule has 0 unspecified atom stereocenters. The number of unbranched alkanes of at least 4 members (excludes halogenated alkanes) is 8. The van der Waals surface area contributed by atoms with Gasteiger partial charge in [0.2, 0.25) is 0 Å². The monoisotopic (exact) mass is 2060 g/mol. The molecule has 22 heterocycles. The third-order valence-corrected chi connectivity index (χ3v) is 43.4. The van der Waals surface area contributed by atoms with E-state index in [-0.39, 0.29) is 0 Å². The molecular weight excluding hydrogens is 1950 g/mol. The number of thiophene rings is 14. The molecule has 14 aromatic rings. The molecule has 0 saturated heterocycles. The maximum absolute atomic E-state index is 7.38. The summed E-state index contributed by atoms with van der Waals surface area (Å²) in [6, 6.07) is 4.96. The molecule has 8 aliphatic heterocycles. The molecule has 706 valence electrons. The van der Waals surface area contributed by atoms with Crippen LogP contribution in [0.15, 0.2) is 33.7 Å². The van der Waals surface area contributed by atoms with Crippen LogP contribution < -0.4 is 75.8 Å². The van der Waals surface area contributed by atoms with Crippen molar-refractivity contribution in [3.05, 3.63) is 78.2 Å². The van der Waals surface area contributed by atoms with Gasteiger partial charge < -0.3 is 75.8 Å². The lowest BCUT2D eigenvalue weighted by Crippen LogP contribution is -2.15. The SMILES string of the molecule is CCCCc1c(-c2scc3c2OCCO3)sc(-c2sc(-c3cc(-c4sc(-c5sc(-c6scc7c6OCCO7)c(CCCC)c5CCCC)c5c4OCCO5)c(-c4sc(-c5sc(-c6sc(-c7scc8c7OCCO8)c(CCCC)c6CCCC)c6c5OCCO6)cc4-c4sc(-c5sc(-c6scc7c6OCCO7)c(CCCC)c5CCCC)c5c4OCCO5)s3)c3c2OCCO3)c1CCCC. The van der Waals surface area contributed by atoms with E-state index in [4.69, 9.17) is 75.8 Å². The van der Waals surface area contributed by atoms with Crippen molar-refractivity contribution in [1.29, 1.82) is 0 Å². The summed E-state index contributed by atoms with van der Waals surface area (Å²) in [5, 5.41) is 8.58. The first-order valence-electron chi connectivity index (χ1n) is 48.3. The van der Waals surface area contributed by atoms with E-state index in [1.54, 1.807) is 45.3 Å². The molecule has 0 fully saturated rings. The van der Waals surface area contributed by atoms with Crippen LogP contribution in [-0.4, -0.2) is 106 Å². The second-order valence-electron chi connectivity index (χ2n) is 34.7. The Balaban J connectivity index is 0.816. The number of hydrogen-bond donors (Lipinski definition) is 0. The lowest BCUT2D eigenvalue weighted by atomic mass is 9.97. The van der Waals surface area contributed by atoms with E-state index >= 15 is 0 Å². The van der Waals surface area contributed by atoms with Crippen LogP contribution in [-0.2, 0) is 51.4 Å². The van der Waals surface area contributed by atoms with Gasteiger partial charge in [-0.05, 0) is 159 Å². The van der Waals surface area contributed by atoms with Gasteiger partial charge in [0.25, 0.3) is 0 Å². The van der Waals surface area contributed by atoms with Gasteiger partial charge in [-0.15, -0.1) is 159 Å². The van der Waals surface area contributed by atoms with Crippen LogP contribution in [0.4, 0.5) is 0 Å². The van der Waals surface area contributed by atoms with E-state index in [0.29, 0.717) is 106 Å². The molecule has 0 N–H and O–H groups in total. The van der Waals surface area contributed by atoms with Crippen molar-refractivity contribution in [3.8, 4) is 220 Å². The van der Waals surface area contributed by atoms with Crippen molar-refractivity contribution in [2.24, 2.45) is 0 Å². The highest BCUT2D eigenvalue weighted by Crippen LogP contribution is 2.70. The van der Waals surface area contributed by atoms with Crippen molar-refractivity contribution in [2.75, 3.05) is 106 Å². The fraction of sp³-hybridized carbons (Fsp3) is 0.462. The Morgan fingerprint density at radius 2 is 0.343 bits per heavy atom. The van der Waals surface area contributed by atoms with Gasteiger partial charge >= 0.3 is 0 Å². The van der Waals surface area contributed by atoms with Gasteiger partial charge in [-0.25, -0.2) is 0 Å². The van der Waals surface area contributed by atoms with Crippen molar-refractivity contribution in [1.82, 2.24) is 0 Å². The lowest BCUT2D eigenvalue weighted by molar-refractivity contribution is 0.174. The summed E-state index contributed by atoms with van der Waals surface area (Å²) < 4.78 is 110. The zero-order valence-electron chi connectivity index (χ0n) is 77.0. The topological polar surface area (TPSA) is 148 Å². The molecule has 14 aromatic heterocycles. The summed E-state index contributed by atoms with van der Waals surface area (Å²) in [6.45, 7) is 25.9. The van der Waals surface area contributed by atoms with Gasteiger partial charge in [0.05, 0.1) is 107 Å². The molecule has 0 atom stereocenters. The van der Waals surface area contributed by atoms with Crippen molar-refractivity contribution in [2.45, 2.75) is 209 Å². The van der Waals surface area contributed by atoms with Crippen LogP contribution in [0, 0.1) is 0 Å². The summed E-state index contributed by atoms with van der Waals surface area (Å²) in [4.78, 5) is 27.3. The molecule has 0 aliphatic carbocycles. The Labute approximate surface area is 839 Å². The minimum absolute atomic E-state index is 0.388. The summed E-state index contributed by atoms with van der Waals surface area (Å²) in [7, 11) is 0. The number of ether oxygens (including phenoxy) is 16. The fourth-order valence-corrected chi connectivity index (χ4v) is 37.5. The van der Waals surface area contributed by atoms with Gasteiger partial charge in [0, 0.05) is 42.4 Å². The zero-order valence-corrected chi connectivity index (χ0v) is 88.4. The Bertz CT molecular complexity index is 6220. The molecule has 8 aliphatic rings. The number of hydrogen-bond acceptors (Lipinski definition) is 30. The van der Waals surface area contributed by atoms with Crippen LogP contribution in [0.2, 0.25) is 0 Å². The Hall–Kier alpha value is -7.40. The quantitative estimate of drug-likeness (QED) is 0.0363. The standard InChI is InChI=1S/C104H110O16S14/c1-9-17-25-55-59(29-21-13-5)89(129-85(55)97-71-65(51-121-97)105-33-37-109-71)101-79-75(113-41-45-117-79)83(127-101)63-49-69(95-77-81(119-47-43-115-77)103(133-95)91-61(31-23-15-7)57(27-19-11-3)87(131-91)99-73-67(53-123-99)107-35-39-111-73)125-93(63)94-64(84-76-80(118-46-42-114-76)102(128-84)90-60(30-22-14-6)56(26-18-10-2)86(130-90)98-72-66(52-122-98)106-34-38-110-72)50-70(126-94)96-78-82(120-48-44-116-78)104(134-96)92-62(32-24-16-8)58(28-20-12-4)88(132-92)100-74-68(54-124-100)108-36-40-112-74/h49-54H,9-48H2,1-8H3. The van der Waals surface area contributed by atoms with Crippen LogP contribution in [0.25, 0.3) is 128 Å². The minimum Gasteiger partial charge on any atom is -0.485 e. The molecule has 0 aromatic carbocycles. The van der Waals surface area contributed by atoms with Gasteiger partial charge in [-0.2, -0.15) is 0 Å². The summed E-state index contributed by atoms with van der Waals surface area (Å²) in [6.07, 6.45) is 24.4. The van der Waals surface area contributed by atoms with Crippen molar-refractivity contribution in [3.63, 3.8) is 0 Å². The predicted octanol–water partition coefficient (Wildman–Crippen LogP) is 33.1. The molecule has 22 rings (SSSR count). The van der Waals surface area contributed by atoms with E-state index in [1.165, 1.54) is 83.5 Å². The molecule has 0 saturated carbocycles. The largest absolute Gasteiger partial charge is 0.485 e. The average Bonchev–Trinajstić information content (AvgIpc) is 1.56. The maximum atomic E-state index is 7.38. The van der Waals surface area contributed by atoms with Gasteiger partial charge in [-0.3, -0.25) is 0 Å². The molecule has 16 nitrogen and oxygen atoms in total. The molecule has 30 heteroatoms. The lowest BCUT2D eigenvalue weighted by Gasteiger charge is -2.18. The van der Waals surface area contributed by atoms with Crippen LogP contribution in [0.3, 0.4) is 0 Å². The highest BCUT2D eigenvalue weighted by atomic mass is 32.2. The Kier molecular flexibility index (Phi) is 27.9. The zero-order chi connectivity index (χ0) is 90.6. The smallest absolute Gasteiger partial charge is 0.181 e. The summed E-state index contributed by atoms with van der Waals surface area (Å²) in [5.41, 5.74) is 13.3. The minimum atomic E-state index is 0.388. The second-order valence-corrected chi connectivity index (χ2v) is 48.5. The Morgan fingerprint density at radius 3 is 0.560 bits per heavy atom. The number of fused-ring (bicyclic) bond motifs is 8. The molecule has 134 heavy (non-hydrogen) atoms. The summed E-state index contributed by atoms with van der Waals surface area (Å²) >= 11 is 25.5. The maximum Gasteiger partial charge on any atom is 0.181 e. The van der Waals surface area contributed by atoms with Crippen LogP contribution in [0.5, 0.6) is 92.0 Å². The third-order valence-electron chi connectivity index (χ3n) is 25.8. The molecule has 0 radical (unpaired) electrons. The average molecular weight is 2060 g/mol. The molecule has 0 amide bonds. The van der Waals surface area contributed by atoms with E-state index in [0.717, 1.165) is 335 Å². The summed E-state index contributed by atoms with van der Waals surface area (Å²) in [5.74, 6) is 13.1. The highest BCUT2D eigenvalue weighted by Gasteiger charge is 2.43. The first-order chi connectivity index (χ1) is 66.2. The van der Waals surface area contributed by atoms with Gasteiger partial charge in [0.15, 0.2) is 92.0 Å². The van der Waals surface area contributed by atoms with Crippen LogP contribution >= 0.6 is 159 Å². The normalized spacial score (nSPS) is 15.0. The van der Waals surface area contributed by atoms with Crippen molar-refractivity contribution >= 4 is 159 Å². The first-order valence-corrected chi connectivity index (χ1v) is 60.0. The fourth-order valence-electron chi connectivity index (χ4n) is 19.2. The predicted molar refractivity (Wildman–Crippen MR) is 564 cm³/mol. The van der Waals surface area contributed by atoms with E-state index < -0.39 is 0 Å². The third kappa shape index (κ3) is 16.8. The molecule has 0 bridgehead atoms. The second kappa shape index (κ2) is 40.8. The van der Waals surface area contributed by atoms with E-state index in [9.17, 15) is 0 Å². The molecular formula is C104H110O16S14. The van der Waals surface area contributed by atoms with Gasteiger partial charge in [-0.1, -0.05) is 107 Å². The number of rotatable bonds is 37. The van der Waals surface area contributed by atoms with E-state index in [1.807, 2.05) is 113 Å². The molecule has 0 spiro atoms. The van der Waals surface area contributed by atoms with E-state index in [2.05, 4.69) is 89.0 Å². The Morgan fingerprint density at radius 1 is 0.172 bits per heavy atom. The van der Waals surface area contributed by atoms with Crippen LogP contribution in [0.1, 0.15) is 203 Å². The van der Waals surface area contributed by atoms with Crippen molar-refractivity contribution < 1.29 is 75.8 Å². The van der Waals surface area contributed by atoms with Gasteiger partial charge in [0.1, 0.15) is 106 Å².